The van der Waals surface area contributed by atoms with Crippen molar-refractivity contribution >= 4 is 14.2 Å². The Morgan fingerprint density at radius 1 is 0.897 bits per heavy atom. The molecule has 0 saturated heterocycles. The van der Waals surface area contributed by atoms with Crippen LogP contribution in [0.4, 0.5) is 0 Å². The zero-order valence-electron chi connectivity index (χ0n) is 17.3. The van der Waals surface area contributed by atoms with Crippen LogP contribution in [0.5, 0.6) is 0 Å². The van der Waals surface area contributed by atoms with Gasteiger partial charge in [-0.2, -0.15) is 5.48 Å². The van der Waals surface area contributed by atoms with Crippen molar-refractivity contribution in [3.8, 4) is 0 Å². The van der Waals surface area contributed by atoms with Gasteiger partial charge in [-0.15, -0.1) is 4.52 Å². The standard InChI is InChI=1S/C22H34NO5P/c1-2-3-4-5-6-7-8-9-10-11-12-13-14-15-16-17-18-19-22(24)28-23-20-21-27-29(25)26/h10-19,23H,2-9,20-21H2,1H3. The van der Waals surface area contributed by atoms with E-state index in [0.29, 0.717) is 0 Å². The van der Waals surface area contributed by atoms with Crippen molar-refractivity contribution < 1.29 is 23.6 Å². The van der Waals surface area contributed by atoms with Gasteiger partial charge in [0.25, 0.3) is 0 Å². The number of carbonyl (C=O) groups is 1. The second kappa shape index (κ2) is 22.4. The Balaban J connectivity index is 3.64. The zero-order valence-corrected chi connectivity index (χ0v) is 18.2. The molecule has 0 saturated carbocycles. The highest BCUT2D eigenvalue weighted by Gasteiger charge is 2.01. The summed E-state index contributed by atoms with van der Waals surface area (Å²) in [6.07, 6.45) is 28.7. The Morgan fingerprint density at radius 2 is 1.48 bits per heavy atom. The average molecular weight is 423 g/mol. The lowest BCUT2D eigenvalue weighted by molar-refractivity contribution is -0.185. The molecule has 0 aliphatic rings. The van der Waals surface area contributed by atoms with Gasteiger partial charge in [0.15, 0.2) is 0 Å². The Bertz CT molecular complexity index is 568. The van der Waals surface area contributed by atoms with E-state index >= 15 is 0 Å². The number of hydroxylamine groups is 1. The molecule has 0 aliphatic carbocycles. The van der Waals surface area contributed by atoms with Crippen LogP contribution in [0.25, 0.3) is 0 Å². The number of allylic oxidation sites excluding steroid dienone is 9. The predicted molar refractivity (Wildman–Crippen MR) is 116 cm³/mol. The Hall–Kier alpha value is -1.85. The van der Waals surface area contributed by atoms with Gasteiger partial charge < -0.3 is 9.73 Å². The molecule has 0 aromatic rings. The predicted octanol–water partition coefficient (Wildman–Crippen LogP) is 4.99. The lowest BCUT2D eigenvalue weighted by atomic mass is 10.1. The molecule has 0 rings (SSSR count). The smallest absolute Gasteiger partial charge is 0.488 e. The van der Waals surface area contributed by atoms with Crippen LogP contribution >= 0.6 is 8.25 Å². The molecule has 1 N–H and O–H groups in total. The zero-order chi connectivity index (χ0) is 21.4. The van der Waals surface area contributed by atoms with E-state index in [-0.39, 0.29) is 13.2 Å². The van der Waals surface area contributed by atoms with Crippen LogP contribution in [0.15, 0.2) is 60.8 Å². The van der Waals surface area contributed by atoms with Gasteiger partial charge in [-0.1, -0.05) is 100 Å². The first-order valence-electron chi connectivity index (χ1n) is 10.2. The molecule has 0 spiro atoms. The van der Waals surface area contributed by atoms with E-state index in [1.165, 1.54) is 51.0 Å². The summed E-state index contributed by atoms with van der Waals surface area (Å²) < 4.78 is 14.4. The Labute approximate surface area is 176 Å². The molecule has 29 heavy (non-hydrogen) atoms. The first-order valence-corrected chi connectivity index (χ1v) is 11.3. The number of nitrogens with one attached hydrogen (secondary N) is 1. The molecule has 1 atom stereocenters. The number of rotatable bonds is 18. The fraction of sp³-hybridized carbons (Fsp3) is 0.500. The summed E-state index contributed by atoms with van der Waals surface area (Å²) in [5.41, 5.74) is 2.30. The number of hydrogen-bond acceptors (Lipinski definition) is 6. The van der Waals surface area contributed by atoms with Crippen LogP contribution in [0.1, 0.15) is 58.3 Å². The van der Waals surface area contributed by atoms with Gasteiger partial charge >= 0.3 is 14.2 Å². The third-order valence-electron chi connectivity index (χ3n) is 3.69. The molecular formula is C22H34NO5P. The highest BCUT2D eigenvalue weighted by Crippen LogP contribution is 2.08. The monoisotopic (exact) mass is 423 g/mol. The summed E-state index contributed by atoms with van der Waals surface area (Å²) in [7, 11) is -2.88. The van der Waals surface area contributed by atoms with Crippen molar-refractivity contribution in [3.05, 3.63) is 60.8 Å². The normalized spacial score (nSPS) is 13.0. The Kier molecular flexibility index (Phi) is 21.0. The largest absolute Gasteiger partial charge is 0.566 e. The van der Waals surface area contributed by atoms with Crippen molar-refractivity contribution in [1.29, 1.82) is 0 Å². The lowest BCUT2D eigenvalue weighted by Gasteiger charge is -2.00. The van der Waals surface area contributed by atoms with E-state index < -0.39 is 14.2 Å². The van der Waals surface area contributed by atoms with Gasteiger partial charge in [-0.25, -0.2) is 4.79 Å². The molecule has 0 bridgehead atoms. The van der Waals surface area contributed by atoms with Crippen LogP contribution in [0.3, 0.4) is 0 Å². The van der Waals surface area contributed by atoms with Gasteiger partial charge in [0.2, 0.25) is 0 Å². The molecule has 0 aromatic heterocycles. The van der Waals surface area contributed by atoms with Gasteiger partial charge in [0, 0.05) is 6.08 Å². The highest BCUT2D eigenvalue weighted by molar-refractivity contribution is 7.30. The molecule has 0 radical (unpaired) electrons. The summed E-state index contributed by atoms with van der Waals surface area (Å²) in [6, 6.07) is 0. The molecular weight excluding hydrogens is 389 g/mol. The van der Waals surface area contributed by atoms with E-state index in [1.54, 1.807) is 18.2 Å². The molecule has 1 unspecified atom stereocenters. The SMILES string of the molecule is CCCCCCCCCC=CC=CC=CC=CC=CC(=O)ONCCO[P+](=O)[O-]. The second-order valence-corrected chi connectivity index (χ2v) is 6.93. The molecule has 0 aromatic carbocycles. The van der Waals surface area contributed by atoms with Gasteiger partial charge in [0.05, 0.1) is 6.54 Å². The molecule has 0 aliphatic heterocycles. The van der Waals surface area contributed by atoms with Crippen molar-refractivity contribution in [1.82, 2.24) is 5.48 Å². The van der Waals surface area contributed by atoms with E-state index in [1.807, 2.05) is 24.3 Å². The molecule has 6 nitrogen and oxygen atoms in total. The topological polar surface area (TPSA) is 87.7 Å². The molecule has 0 amide bonds. The Morgan fingerprint density at radius 3 is 2.14 bits per heavy atom. The van der Waals surface area contributed by atoms with Crippen LogP contribution in [0.2, 0.25) is 0 Å². The van der Waals surface area contributed by atoms with Gasteiger partial charge in [-0.05, 0) is 17.4 Å². The summed E-state index contributed by atoms with van der Waals surface area (Å²) in [4.78, 5) is 26.1. The maximum absolute atomic E-state index is 11.3. The van der Waals surface area contributed by atoms with E-state index in [0.717, 1.165) is 6.42 Å². The van der Waals surface area contributed by atoms with Crippen LogP contribution < -0.4 is 10.4 Å². The minimum Gasteiger partial charge on any atom is -0.566 e. The van der Waals surface area contributed by atoms with Crippen LogP contribution in [-0.4, -0.2) is 19.1 Å². The van der Waals surface area contributed by atoms with Gasteiger partial charge in [0.1, 0.15) is 6.61 Å². The molecule has 0 heterocycles. The van der Waals surface area contributed by atoms with Crippen LogP contribution in [-0.2, 0) is 18.7 Å². The van der Waals surface area contributed by atoms with E-state index in [2.05, 4.69) is 33.9 Å². The third-order valence-corrected chi connectivity index (χ3v) is 4.09. The lowest BCUT2D eigenvalue weighted by Crippen LogP contribution is -2.22. The molecule has 0 fully saturated rings. The maximum atomic E-state index is 11.3. The minimum atomic E-state index is -2.88. The molecule has 7 heteroatoms. The summed E-state index contributed by atoms with van der Waals surface area (Å²) in [6.45, 7) is 2.23. The number of hydrogen-bond donors (Lipinski definition) is 1. The summed E-state index contributed by atoms with van der Waals surface area (Å²) >= 11 is 0. The summed E-state index contributed by atoms with van der Waals surface area (Å²) in [5, 5.41) is 0. The fourth-order valence-electron chi connectivity index (χ4n) is 2.23. The summed E-state index contributed by atoms with van der Waals surface area (Å²) in [5.74, 6) is -0.587. The van der Waals surface area contributed by atoms with Crippen LogP contribution in [0, 0.1) is 0 Å². The number of unbranched alkanes of at least 4 members (excludes halogenated alkanes) is 7. The third kappa shape index (κ3) is 24.1. The first-order chi connectivity index (χ1) is 14.2. The van der Waals surface area contributed by atoms with Crippen molar-refractivity contribution in [2.24, 2.45) is 0 Å². The average Bonchev–Trinajstić information content (AvgIpc) is 2.69. The van der Waals surface area contributed by atoms with Crippen molar-refractivity contribution in [3.63, 3.8) is 0 Å². The second-order valence-electron chi connectivity index (χ2n) is 6.22. The van der Waals surface area contributed by atoms with Crippen molar-refractivity contribution in [2.75, 3.05) is 13.2 Å². The maximum Gasteiger partial charge on any atom is 0.488 e. The first kappa shape index (κ1) is 27.1. The van der Waals surface area contributed by atoms with E-state index in [4.69, 9.17) is 0 Å². The highest BCUT2D eigenvalue weighted by atomic mass is 31.1. The van der Waals surface area contributed by atoms with E-state index in [9.17, 15) is 14.3 Å². The van der Waals surface area contributed by atoms with Crippen molar-refractivity contribution in [2.45, 2.75) is 58.3 Å². The minimum absolute atomic E-state index is 0.0846. The number of carbonyl (C=O) groups excluding carboxylic acids is 1. The fourth-order valence-corrected chi connectivity index (χ4v) is 2.47. The van der Waals surface area contributed by atoms with Gasteiger partial charge in [-0.3, -0.25) is 0 Å². The quantitative estimate of drug-likeness (QED) is 0.110. The molecule has 162 valence electrons.